The summed E-state index contributed by atoms with van der Waals surface area (Å²) in [7, 11) is -1.55. The molecule has 0 saturated heterocycles. The second-order valence-electron chi connectivity index (χ2n) is 9.52. The highest BCUT2D eigenvalue weighted by Crippen LogP contribution is 2.29. The summed E-state index contributed by atoms with van der Waals surface area (Å²) in [4.78, 5) is 11.2. The molecule has 8 heteroatoms. The van der Waals surface area contributed by atoms with Gasteiger partial charge in [-0.3, -0.25) is 4.74 Å². The average Bonchev–Trinajstić information content (AvgIpc) is 2.81. The molecule has 0 spiro atoms. The number of carboxylic acid groups (broad SMARTS) is 1. The van der Waals surface area contributed by atoms with E-state index in [-0.39, 0.29) is 0 Å². The van der Waals surface area contributed by atoms with Gasteiger partial charge < -0.3 is 14.9 Å². The number of hydrogen-bond donors (Lipinski definition) is 3. The van der Waals surface area contributed by atoms with E-state index in [1.807, 2.05) is 0 Å². The molecule has 0 aromatic rings. The van der Waals surface area contributed by atoms with E-state index in [4.69, 9.17) is 14.6 Å². The van der Waals surface area contributed by atoms with Crippen LogP contribution in [-0.4, -0.2) is 33.4 Å². The lowest BCUT2D eigenvalue weighted by atomic mass is 9.91. The first-order valence-corrected chi connectivity index (χ1v) is 15.1. The van der Waals surface area contributed by atoms with Gasteiger partial charge in [0.15, 0.2) is 6.29 Å². The monoisotopic (exact) mass is 523 g/mol. The minimum Gasteiger partial charge on any atom is -0.474 e. The van der Waals surface area contributed by atoms with Gasteiger partial charge >= 0.3 is 20.0 Å². The molecule has 0 amide bonds. The molecule has 0 aliphatic carbocycles. The molecule has 0 aliphatic rings. The van der Waals surface area contributed by atoms with Gasteiger partial charge in [0.05, 0.1) is 0 Å². The fourth-order valence-electron chi connectivity index (χ4n) is 4.19. The first-order chi connectivity index (χ1) is 16.3. The minimum atomic E-state index is -2.75. The van der Waals surface area contributed by atoms with Crippen LogP contribution in [0.4, 0.5) is 0 Å². The van der Waals surface area contributed by atoms with Crippen LogP contribution in [0.3, 0.4) is 0 Å². The highest BCUT2D eigenvalue weighted by molar-refractivity contribution is 7.80. The maximum atomic E-state index is 11.2. The Morgan fingerprint density at radius 3 is 1.68 bits per heavy atom. The smallest absolute Gasteiger partial charge is 0.472 e. The van der Waals surface area contributed by atoms with Crippen LogP contribution in [0.15, 0.2) is 0 Å². The molecule has 5 atom stereocenters. The Labute approximate surface area is 215 Å². The SMILES string of the molecule is CCCCCCCCCCCC(CCCCCCC)CC(S)OC(CC)OC(O)([PH+]=O)C(=O)O. The lowest BCUT2D eigenvalue weighted by Crippen LogP contribution is -2.40. The van der Waals surface area contributed by atoms with Crippen molar-refractivity contribution < 1.29 is 29.0 Å². The van der Waals surface area contributed by atoms with Crippen molar-refractivity contribution in [2.24, 2.45) is 5.92 Å². The van der Waals surface area contributed by atoms with Crippen molar-refractivity contribution in [2.45, 2.75) is 154 Å². The normalized spacial score (nSPS) is 16.3. The van der Waals surface area contributed by atoms with E-state index in [0.29, 0.717) is 12.3 Å². The van der Waals surface area contributed by atoms with Gasteiger partial charge in [-0.05, 0) is 18.8 Å². The standard InChI is InChI=1S/C26H51O6PS/c1-4-7-9-11-12-13-14-16-18-20-22(19-17-15-10-8-5-2)21-24(34)31-23(6-3)32-26(29,33-30)25(27)28/h22-24,29,34H,4-21H2,1-3H3,(H,27,28)/p+1. The van der Waals surface area contributed by atoms with Crippen molar-refractivity contribution in [2.75, 3.05) is 0 Å². The molecule has 0 rings (SSSR count). The maximum absolute atomic E-state index is 11.2. The average molecular weight is 524 g/mol. The van der Waals surface area contributed by atoms with E-state index >= 15 is 0 Å². The summed E-state index contributed by atoms with van der Waals surface area (Å²) in [5.74, 6) is -1.19. The van der Waals surface area contributed by atoms with E-state index in [1.54, 1.807) is 6.92 Å². The zero-order valence-electron chi connectivity index (χ0n) is 21.9. The van der Waals surface area contributed by atoms with Crippen LogP contribution in [0, 0.1) is 5.92 Å². The van der Waals surface area contributed by atoms with Crippen molar-refractivity contribution in [3.05, 3.63) is 0 Å². The van der Waals surface area contributed by atoms with Crippen LogP contribution in [0.5, 0.6) is 0 Å². The van der Waals surface area contributed by atoms with Gasteiger partial charge in [-0.2, -0.15) is 0 Å². The zero-order chi connectivity index (χ0) is 25.7. The van der Waals surface area contributed by atoms with Gasteiger partial charge in [-0.25, -0.2) is 4.79 Å². The molecule has 0 aliphatic heterocycles. The molecular weight excluding hydrogens is 471 g/mol. The molecule has 6 nitrogen and oxygen atoms in total. The first kappa shape index (κ1) is 33.8. The predicted octanol–water partition coefficient (Wildman–Crippen LogP) is 8.05. The number of aliphatic carboxylic acids is 1. The predicted molar refractivity (Wildman–Crippen MR) is 144 cm³/mol. The lowest BCUT2D eigenvalue weighted by molar-refractivity contribution is -0.256. The number of hydrogen-bond acceptors (Lipinski definition) is 6. The molecular formula is C26H52O6PS+. The van der Waals surface area contributed by atoms with E-state index in [9.17, 15) is 14.5 Å². The maximum Gasteiger partial charge on any atom is 0.472 e. The van der Waals surface area contributed by atoms with Gasteiger partial charge in [0.1, 0.15) is 5.44 Å². The third kappa shape index (κ3) is 17.3. The summed E-state index contributed by atoms with van der Waals surface area (Å²) in [6.45, 7) is 6.23. The Hall–Kier alpha value is -0.200. The largest absolute Gasteiger partial charge is 0.474 e. The Kier molecular flexibility index (Phi) is 21.9. The fraction of sp³-hybridized carbons (Fsp3) is 0.962. The van der Waals surface area contributed by atoms with Crippen LogP contribution in [0.2, 0.25) is 0 Å². The summed E-state index contributed by atoms with van der Waals surface area (Å²) >= 11 is 4.58. The van der Waals surface area contributed by atoms with E-state index in [0.717, 1.165) is 19.3 Å². The molecule has 2 N–H and O–H groups in total. The van der Waals surface area contributed by atoms with Crippen molar-refractivity contribution in [3.8, 4) is 0 Å². The van der Waals surface area contributed by atoms with Crippen molar-refractivity contribution >= 4 is 27.1 Å². The molecule has 0 fully saturated rings. The topological polar surface area (TPSA) is 93.1 Å². The summed E-state index contributed by atoms with van der Waals surface area (Å²) in [5.41, 5.74) is -3.18. The summed E-state index contributed by atoms with van der Waals surface area (Å²) in [6.07, 6.45) is 20.4. The first-order valence-electron chi connectivity index (χ1n) is 13.7. The Balaban J connectivity index is 4.55. The number of carboxylic acids is 1. The lowest BCUT2D eigenvalue weighted by Gasteiger charge is -2.26. The summed E-state index contributed by atoms with van der Waals surface area (Å²) in [5, 5.41) is 19.0. The van der Waals surface area contributed by atoms with Crippen LogP contribution < -0.4 is 0 Å². The minimum absolute atomic E-state index is 0.317. The molecule has 5 unspecified atom stereocenters. The molecule has 0 heterocycles. The second-order valence-corrected chi connectivity index (χ2v) is 11.0. The Morgan fingerprint density at radius 2 is 1.29 bits per heavy atom. The molecule has 0 radical (unpaired) electrons. The number of thiol groups is 1. The van der Waals surface area contributed by atoms with E-state index in [2.05, 4.69) is 26.5 Å². The van der Waals surface area contributed by atoms with Crippen LogP contribution in [0.1, 0.15) is 136 Å². The highest BCUT2D eigenvalue weighted by atomic mass is 32.1. The number of carbonyl (C=O) groups is 1. The van der Waals surface area contributed by atoms with Crippen LogP contribution >= 0.6 is 21.1 Å². The molecule has 0 aromatic carbocycles. The Morgan fingerprint density at radius 1 is 0.853 bits per heavy atom. The van der Waals surface area contributed by atoms with Gasteiger partial charge in [-0.15, -0.1) is 12.6 Å². The van der Waals surface area contributed by atoms with Crippen LogP contribution in [0.25, 0.3) is 0 Å². The molecule has 202 valence electrons. The fourth-order valence-corrected chi connectivity index (χ4v) is 4.89. The molecule has 0 bridgehead atoms. The highest BCUT2D eigenvalue weighted by Gasteiger charge is 2.50. The molecule has 34 heavy (non-hydrogen) atoms. The third-order valence-electron chi connectivity index (χ3n) is 6.34. The van der Waals surface area contributed by atoms with Crippen molar-refractivity contribution in [1.82, 2.24) is 0 Å². The van der Waals surface area contributed by atoms with Crippen molar-refractivity contribution in [1.29, 1.82) is 0 Å². The molecule has 0 aromatic heterocycles. The molecule has 0 saturated carbocycles. The second kappa shape index (κ2) is 22.0. The van der Waals surface area contributed by atoms with Crippen molar-refractivity contribution in [3.63, 3.8) is 0 Å². The van der Waals surface area contributed by atoms with Crippen LogP contribution in [-0.2, 0) is 18.8 Å². The summed E-state index contributed by atoms with van der Waals surface area (Å²) in [6, 6.07) is 0. The van der Waals surface area contributed by atoms with Gasteiger partial charge in [0.25, 0.3) is 0 Å². The van der Waals surface area contributed by atoms with Gasteiger partial charge in [-0.1, -0.05) is 128 Å². The third-order valence-corrected chi connectivity index (χ3v) is 7.28. The van der Waals surface area contributed by atoms with E-state index < -0.39 is 31.7 Å². The number of aliphatic hydroxyl groups is 1. The zero-order valence-corrected chi connectivity index (χ0v) is 23.8. The van der Waals surface area contributed by atoms with Gasteiger partial charge in [0.2, 0.25) is 0 Å². The number of unbranched alkanes of at least 4 members (excludes halogenated alkanes) is 12. The number of rotatable bonds is 25. The number of ether oxygens (including phenoxy) is 2. The van der Waals surface area contributed by atoms with Gasteiger partial charge in [0, 0.05) is 0 Å². The van der Waals surface area contributed by atoms with E-state index in [1.165, 1.54) is 89.9 Å². The summed E-state index contributed by atoms with van der Waals surface area (Å²) < 4.78 is 22.1. The quantitative estimate of drug-likeness (QED) is 0.0485. The Bertz CT molecular complexity index is 510.